The van der Waals surface area contributed by atoms with Gasteiger partial charge in [0.2, 0.25) is 0 Å². The van der Waals surface area contributed by atoms with Gasteiger partial charge in [0.25, 0.3) is 0 Å². The van der Waals surface area contributed by atoms with Gasteiger partial charge in [-0.2, -0.15) is 0 Å². The molecule has 20 heavy (non-hydrogen) atoms. The van der Waals surface area contributed by atoms with Crippen molar-refractivity contribution in [1.29, 1.82) is 0 Å². The van der Waals surface area contributed by atoms with E-state index in [2.05, 4.69) is 62.5 Å². The van der Waals surface area contributed by atoms with Crippen molar-refractivity contribution in [3.63, 3.8) is 0 Å². The maximum atomic E-state index is 5.79. The van der Waals surface area contributed by atoms with Crippen molar-refractivity contribution >= 4 is 5.69 Å². The van der Waals surface area contributed by atoms with Crippen LogP contribution in [-0.2, 0) is 6.54 Å². The van der Waals surface area contributed by atoms with Crippen LogP contribution in [0.1, 0.15) is 30.0 Å². The summed E-state index contributed by atoms with van der Waals surface area (Å²) in [5.41, 5.74) is 4.88. The quantitative estimate of drug-likeness (QED) is 0.820. The second-order valence-electron chi connectivity index (χ2n) is 5.19. The van der Waals surface area contributed by atoms with Gasteiger partial charge in [-0.1, -0.05) is 42.8 Å². The molecular formula is C18H23NO. The Morgan fingerprint density at radius 3 is 2.55 bits per heavy atom. The zero-order chi connectivity index (χ0) is 14.4. The molecule has 0 fully saturated rings. The minimum atomic E-state index is 0.752. The summed E-state index contributed by atoms with van der Waals surface area (Å²) in [6.07, 6.45) is 1.02. The minimum absolute atomic E-state index is 0.752. The molecule has 2 aromatic rings. The summed E-state index contributed by atoms with van der Waals surface area (Å²) in [7, 11) is 0. The van der Waals surface area contributed by atoms with Gasteiger partial charge in [-0.15, -0.1) is 0 Å². The number of aryl methyl sites for hydroxylation is 2. The molecule has 106 valence electrons. The van der Waals surface area contributed by atoms with Crippen LogP contribution in [0.5, 0.6) is 5.75 Å². The van der Waals surface area contributed by atoms with E-state index in [1.165, 1.54) is 16.7 Å². The fraction of sp³-hybridized carbons (Fsp3) is 0.333. The lowest BCUT2D eigenvalue weighted by atomic mass is 10.1. The predicted molar refractivity (Wildman–Crippen MR) is 85.5 cm³/mol. The summed E-state index contributed by atoms with van der Waals surface area (Å²) >= 11 is 0. The summed E-state index contributed by atoms with van der Waals surface area (Å²) in [5, 5.41) is 3.48. The number of hydrogen-bond donors (Lipinski definition) is 1. The topological polar surface area (TPSA) is 21.3 Å². The molecule has 2 heteroatoms. The molecule has 0 unspecified atom stereocenters. The Morgan fingerprint density at radius 1 is 1.00 bits per heavy atom. The molecule has 0 amide bonds. The molecule has 0 aliphatic carbocycles. The first kappa shape index (κ1) is 14.4. The van der Waals surface area contributed by atoms with E-state index in [1.807, 2.05) is 6.07 Å². The van der Waals surface area contributed by atoms with Gasteiger partial charge in [0.1, 0.15) is 5.75 Å². The first-order valence-electron chi connectivity index (χ1n) is 7.22. The Labute approximate surface area is 121 Å². The standard InChI is InChI=1S/C18H23NO/c1-4-10-20-18-9-8-15(3)12-17(18)19-13-16-7-5-6-14(2)11-16/h5-9,11-12,19H,4,10,13H2,1-3H3. The van der Waals surface area contributed by atoms with Crippen molar-refractivity contribution < 1.29 is 4.74 Å². The third kappa shape index (κ3) is 4.02. The van der Waals surface area contributed by atoms with Crippen LogP contribution in [0.25, 0.3) is 0 Å². The minimum Gasteiger partial charge on any atom is -0.491 e. The van der Waals surface area contributed by atoms with E-state index >= 15 is 0 Å². The number of benzene rings is 2. The van der Waals surface area contributed by atoms with E-state index in [1.54, 1.807) is 0 Å². The molecule has 0 atom stereocenters. The monoisotopic (exact) mass is 269 g/mol. The van der Waals surface area contributed by atoms with E-state index in [-0.39, 0.29) is 0 Å². The van der Waals surface area contributed by atoms with Gasteiger partial charge in [0.15, 0.2) is 0 Å². The molecule has 0 bridgehead atoms. The SMILES string of the molecule is CCCOc1ccc(C)cc1NCc1cccc(C)c1. The van der Waals surface area contributed by atoms with Crippen molar-refractivity contribution in [3.8, 4) is 5.75 Å². The highest BCUT2D eigenvalue weighted by molar-refractivity contribution is 5.58. The molecule has 1 N–H and O–H groups in total. The fourth-order valence-corrected chi connectivity index (χ4v) is 2.14. The Balaban J connectivity index is 2.09. The van der Waals surface area contributed by atoms with Gasteiger partial charge in [0, 0.05) is 6.54 Å². The van der Waals surface area contributed by atoms with E-state index in [4.69, 9.17) is 4.74 Å². The molecular weight excluding hydrogens is 246 g/mol. The van der Waals surface area contributed by atoms with Crippen LogP contribution in [0.4, 0.5) is 5.69 Å². The van der Waals surface area contributed by atoms with Gasteiger partial charge in [-0.3, -0.25) is 0 Å². The van der Waals surface area contributed by atoms with Crippen LogP contribution in [0, 0.1) is 13.8 Å². The van der Waals surface area contributed by atoms with Gasteiger partial charge in [-0.25, -0.2) is 0 Å². The second kappa shape index (κ2) is 6.99. The number of hydrogen-bond acceptors (Lipinski definition) is 2. The van der Waals surface area contributed by atoms with Gasteiger partial charge in [-0.05, 0) is 43.5 Å². The number of rotatable bonds is 6. The van der Waals surface area contributed by atoms with Crippen molar-refractivity contribution in [1.82, 2.24) is 0 Å². The number of ether oxygens (including phenoxy) is 1. The molecule has 2 rings (SSSR count). The normalized spacial score (nSPS) is 10.3. The highest BCUT2D eigenvalue weighted by atomic mass is 16.5. The summed E-state index contributed by atoms with van der Waals surface area (Å²) in [6, 6.07) is 14.8. The zero-order valence-electron chi connectivity index (χ0n) is 12.6. The van der Waals surface area contributed by atoms with E-state index in [0.717, 1.165) is 31.0 Å². The fourth-order valence-electron chi connectivity index (χ4n) is 2.14. The summed E-state index contributed by atoms with van der Waals surface area (Å²) < 4.78 is 5.79. The lowest BCUT2D eigenvalue weighted by molar-refractivity contribution is 0.319. The maximum Gasteiger partial charge on any atom is 0.142 e. The lowest BCUT2D eigenvalue weighted by Gasteiger charge is -2.14. The molecule has 0 aromatic heterocycles. The summed E-state index contributed by atoms with van der Waals surface area (Å²) in [4.78, 5) is 0. The van der Waals surface area contributed by atoms with Crippen molar-refractivity contribution in [2.45, 2.75) is 33.7 Å². The van der Waals surface area contributed by atoms with E-state index in [9.17, 15) is 0 Å². The smallest absolute Gasteiger partial charge is 0.142 e. The van der Waals surface area contributed by atoms with Gasteiger partial charge >= 0.3 is 0 Å². The third-order valence-corrected chi connectivity index (χ3v) is 3.16. The van der Waals surface area contributed by atoms with Crippen LogP contribution in [-0.4, -0.2) is 6.61 Å². The van der Waals surface area contributed by atoms with Gasteiger partial charge < -0.3 is 10.1 Å². The van der Waals surface area contributed by atoms with Crippen LogP contribution in [0.2, 0.25) is 0 Å². The second-order valence-corrected chi connectivity index (χ2v) is 5.19. The highest BCUT2D eigenvalue weighted by Crippen LogP contribution is 2.26. The third-order valence-electron chi connectivity index (χ3n) is 3.16. The molecule has 0 aliphatic rings. The summed E-state index contributed by atoms with van der Waals surface area (Å²) in [5.74, 6) is 0.935. The van der Waals surface area contributed by atoms with Crippen LogP contribution in [0.3, 0.4) is 0 Å². The molecule has 0 heterocycles. The Hall–Kier alpha value is -1.96. The van der Waals surface area contributed by atoms with E-state index in [0.29, 0.717) is 0 Å². The first-order chi connectivity index (χ1) is 9.69. The Morgan fingerprint density at radius 2 is 1.80 bits per heavy atom. The average Bonchev–Trinajstić information content (AvgIpc) is 2.44. The van der Waals surface area contributed by atoms with Crippen LogP contribution < -0.4 is 10.1 Å². The van der Waals surface area contributed by atoms with Crippen LogP contribution in [0.15, 0.2) is 42.5 Å². The molecule has 0 saturated heterocycles. The number of nitrogens with one attached hydrogen (secondary N) is 1. The molecule has 0 aliphatic heterocycles. The maximum absolute atomic E-state index is 5.79. The first-order valence-corrected chi connectivity index (χ1v) is 7.22. The zero-order valence-corrected chi connectivity index (χ0v) is 12.6. The molecule has 0 saturated carbocycles. The average molecular weight is 269 g/mol. The van der Waals surface area contributed by atoms with Crippen molar-refractivity contribution in [2.75, 3.05) is 11.9 Å². The molecule has 0 radical (unpaired) electrons. The largest absolute Gasteiger partial charge is 0.491 e. The molecule has 0 spiro atoms. The van der Waals surface area contributed by atoms with Gasteiger partial charge in [0.05, 0.1) is 12.3 Å². The Bertz CT molecular complexity index is 563. The van der Waals surface area contributed by atoms with Crippen LogP contribution >= 0.6 is 0 Å². The van der Waals surface area contributed by atoms with Crippen molar-refractivity contribution in [2.24, 2.45) is 0 Å². The Kier molecular flexibility index (Phi) is 5.05. The predicted octanol–water partition coefficient (Wildman–Crippen LogP) is 4.70. The van der Waals surface area contributed by atoms with Crippen molar-refractivity contribution in [3.05, 3.63) is 59.2 Å². The highest BCUT2D eigenvalue weighted by Gasteiger charge is 2.04. The summed E-state index contributed by atoms with van der Waals surface area (Å²) in [6.45, 7) is 7.90. The lowest BCUT2D eigenvalue weighted by Crippen LogP contribution is -2.04. The van der Waals surface area contributed by atoms with E-state index < -0.39 is 0 Å². The molecule has 2 aromatic carbocycles. The number of anilines is 1. The molecule has 2 nitrogen and oxygen atoms in total.